The fourth-order valence-electron chi connectivity index (χ4n) is 2.53. The first kappa shape index (κ1) is 15.3. The molecule has 2 rings (SSSR count). The summed E-state index contributed by atoms with van der Waals surface area (Å²) >= 11 is 0. The SMILES string of the molecule is CCCNC(C)c1cccc(OCCC2CCCO2)c1. The minimum absolute atomic E-state index is 0.372. The van der Waals surface area contributed by atoms with Gasteiger partial charge in [-0.1, -0.05) is 19.1 Å². The van der Waals surface area contributed by atoms with Gasteiger partial charge in [-0.3, -0.25) is 0 Å². The Morgan fingerprint density at radius 1 is 1.45 bits per heavy atom. The number of ether oxygens (including phenoxy) is 2. The van der Waals surface area contributed by atoms with Gasteiger partial charge < -0.3 is 14.8 Å². The number of hydrogen-bond acceptors (Lipinski definition) is 3. The molecule has 20 heavy (non-hydrogen) atoms. The Morgan fingerprint density at radius 3 is 3.10 bits per heavy atom. The molecule has 1 fully saturated rings. The molecule has 0 amide bonds. The van der Waals surface area contributed by atoms with Gasteiger partial charge in [0.15, 0.2) is 0 Å². The Hall–Kier alpha value is -1.06. The van der Waals surface area contributed by atoms with E-state index in [0.29, 0.717) is 12.1 Å². The van der Waals surface area contributed by atoms with Crippen LogP contribution in [0.15, 0.2) is 24.3 Å². The van der Waals surface area contributed by atoms with Crippen molar-refractivity contribution in [2.24, 2.45) is 0 Å². The van der Waals surface area contributed by atoms with Gasteiger partial charge in [-0.05, 0) is 50.4 Å². The summed E-state index contributed by atoms with van der Waals surface area (Å²) in [4.78, 5) is 0. The summed E-state index contributed by atoms with van der Waals surface area (Å²) in [6.07, 6.45) is 4.93. The normalized spacial score (nSPS) is 20.0. The topological polar surface area (TPSA) is 30.5 Å². The molecule has 0 aliphatic carbocycles. The van der Waals surface area contributed by atoms with Gasteiger partial charge >= 0.3 is 0 Å². The summed E-state index contributed by atoms with van der Waals surface area (Å²) in [7, 11) is 0. The third-order valence-corrected chi connectivity index (χ3v) is 3.79. The zero-order chi connectivity index (χ0) is 14.2. The van der Waals surface area contributed by atoms with Crippen molar-refractivity contribution in [1.82, 2.24) is 5.32 Å². The Kier molecular flexibility index (Phi) is 6.34. The van der Waals surface area contributed by atoms with E-state index in [1.54, 1.807) is 0 Å². The summed E-state index contributed by atoms with van der Waals surface area (Å²) in [6, 6.07) is 8.77. The highest BCUT2D eigenvalue weighted by molar-refractivity contribution is 5.30. The predicted molar refractivity (Wildman–Crippen MR) is 82.2 cm³/mol. The molecule has 1 N–H and O–H groups in total. The van der Waals surface area contributed by atoms with E-state index in [0.717, 1.165) is 38.3 Å². The van der Waals surface area contributed by atoms with Crippen LogP contribution < -0.4 is 10.1 Å². The molecule has 3 nitrogen and oxygen atoms in total. The van der Waals surface area contributed by atoms with Gasteiger partial charge in [0.2, 0.25) is 0 Å². The number of benzene rings is 1. The van der Waals surface area contributed by atoms with E-state index in [1.165, 1.54) is 18.4 Å². The first-order valence-corrected chi connectivity index (χ1v) is 7.87. The van der Waals surface area contributed by atoms with Gasteiger partial charge in [0.1, 0.15) is 5.75 Å². The van der Waals surface area contributed by atoms with Crippen LogP contribution in [0.25, 0.3) is 0 Å². The van der Waals surface area contributed by atoms with E-state index in [-0.39, 0.29) is 0 Å². The number of rotatable bonds is 8. The van der Waals surface area contributed by atoms with Crippen molar-refractivity contribution in [2.75, 3.05) is 19.8 Å². The van der Waals surface area contributed by atoms with Gasteiger partial charge in [-0.25, -0.2) is 0 Å². The molecule has 1 aromatic rings. The average Bonchev–Trinajstić information content (AvgIpc) is 2.98. The highest BCUT2D eigenvalue weighted by Gasteiger charge is 2.15. The smallest absolute Gasteiger partial charge is 0.119 e. The van der Waals surface area contributed by atoms with Gasteiger partial charge in [-0.2, -0.15) is 0 Å². The minimum atomic E-state index is 0.372. The fourth-order valence-corrected chi connectivity index (χ4v) is 2.53. The van der Waals surface area contributed by atoms with Crippen molar-refractivity contribution >= 4 is 0 Å². The average molecular weight is 277 g/mol. The van der Waals surface area contributed by atoms with E-state index in [9.17, 15) is 0 Å². The van der Waals surface area contributed by atoms with Crippen molar-refractivity contribution in [3.05, 3.63) is 29.8 Å². The molecule has 1 saturated heterocycles. The predicted octanol–water partition coefficient (Wildman–Crippen LogP) is 3.70. The van der Waals surface area contributed by atoms with Crippen molar-refractivity contribution < 1.29 is 9.47 Å². The highest BCUT2D eigenvalue weighted by Crippen LogP contribution is 2.20. The second-order valence-electron chi connectivity index (χ2n) is 5.52. The standard InChI is InChI=1S/C17H27NO2/c1-3-10-18-14(2)15-6-4-7-17(13-15)20-12-9-16-8-5-11-19-16/h4,6-7,13-14,16,18H,3,5,8-12H2,1-2H3. The van der Waals surface area contributed by atoms with Crippen LogP contribution in [0.2, 0.25) is 0 Å². The maximum atomic E-state index is 5.86. The monoisotopic (exact) mass is 277 g/mol. The van der Waals surface area contributed by atoms with Crippen molar-refractivity contribution in [3.8, 4) is 5.75 Å². The van der Waals surface area contributed by atoms with Crippen molar-refractivity contribution in [3.63, 3.8) is 0 Å². The molecule has 1 heterocycles. The van der Waals surface area contributed by atoms with Crippen LogP contribution in [0.4, 0.5) is 0 Å². The van der Waals surface area contributed by atoms with E-state index in [2.05, 4.69) is 37.4 Å². The third kappa shape index (κ3) is 4.80. The molecule has 1 aliphatic heterocycles. The molecule has 2 unspecified atom stereocenters. The van der Waals surface area contributed by atoms with Gasteiger partial charge in [0.05, 0.1) is 12.7 Å². The van der Waals surface area contributed by atoms with Crippen LogP contribution in [0.5, 0.6) is 5.75 Å². The quantitative estimate of drug-likeness (QED) is 0.786. The lowest BCUT2D eigenvalue weighted by Crippen LogP contribution is -2.19. The Morgan fingerprint density at radius 2 is 2.35 bits per heavy atom. The first-order chi connectivity index (χ1) is 9.79. The van der Waals surface area contributed by atoms with Crippen LogP contribution in [0, 0.1) is 0 Å². The molecule has 0 radical (unpaired) electrons. The van der Waals surface area contributed by atoms with Crippen LogP contribution in [0.3, 0.4) is 0 Å². The summed E-state index contributed by atoms with van der Waals surface area (Å²) in [5.74, 6) is 0.964. The van der Waals surface area contributed by atoms with Crippen LogP contribution in [-0.2, 0) is 4.74 Å². The molecule has 1 aromatic carbocycles. The maximum absolute atomic E-state index is 5.86. The van der Waals surface area contributed by atoms with E-state index in [4.69, 9.17) is 9.47 Å². The molecule has 3 heteroatoms. The maximum Gasteiger partial charge on any atom is 0.119 e. The van der Waals surface area contributed by atoms with Crippen LogP contribution in [-0.4, -0.2) is 25.9 Å². The summed E-state index contributed by atoms with van der Waals surface area (Å²) in [6.45, 7) is 7.09. The van der Waals surface area contributed by atoms with Crippen LogP contribution >= 0.6 is 0 Å². The molecule has 1 aliphatic rings. The van der Waals surface area contributed by atoms with E-state index < -0.39 is 0 Å². The van der Waals surface area contributed by atoms with Gasteiger partial charge in [-0.15, -0.1) is 0 Å². The third-order valence-electron chi connectivity index (χ3n) is 3.79. The Balaban J connectivity index is 1.79. The lowest BCUT2D eigenvalue weighted by molar-refractivity contribution is 0.0903. The van der Waals surface area contributed by atoms with Crippen molar-refractivity contribution in [2.45, 2.75) is 51.7 Å². The molecular formula is C17H27NO2. The zero-order valence-electron chi connectivity index (χ0n) is 12.7. The molecule has 0 aromatic heterocycles. The van der Waals surface area contributed by atoms with Gasteiger partial charge in [0.25, 0.3) is 0 Å². The molecule has 2 atom stereocenters. The summed E-state index contributed by atoms with van der Waals surface area (Å²) in [5, 5.41) is 3.50. The second kappa shape index (κ2) is 8.28. The van der Waals surface area contributed by atoms with E-state index >= 15 is 0 Å². The minimum Gasteiger partial charge on any atom is -0.493 e. The molecule has 112 valence electrons. The zero-order valence-corrected chi connectivity index (χ0v) is 12.7. The number of hydrogen-bond donors (Lipinski definition) is 1. The highest BCUT2D eigenvalue weighted by atomic mass is 16.5. The molecular weight excluding hydrogens is 250 g/mol. The first-order valence-electron chi connectivity index (χ1n) is 7.87. The van der Waals surface area contributed by atoms with E-state index in [1.807, 2.05) is 6.07 Å². The number of nitrogens with one attached hydrogen (secondary N) is 1. The lowest BCUT2D eigenvalue weighted by atomic mass is 10.1. The Bertz CT molecular complexity index is 388. The van der Waals surface area contributed by atoms with Crippen LogP contribution in [0.1, 0.15) is 51.1 Å². The molecule has 0 spiro atoms. The second-order valence-corrected chi connectivity index (χ2v) is 5.52. The lowest BCUT2D eigenvalue weighted by Gasteiger charge is -2.15. The molecule has 0 saturated carbocycles. The van der Waals surface area contributed by atoms with Crippen molar-refractivity contribution in [1.29, 1.82) is 0 Å². The fraction of sp³-hybridized carbons (Fsp3) is 0.647. The van der Waals surface area contributed by atoms with Gasteiger partial charge in [0, 0.05) is 19.1 Å². The summed E-state index contributed by atoms with van der Waals surface area (Å²) < 4.78 is 11.5. The largest absolute Gasteiger partial charge is 0.493 e. The summed E-state index contributed by atoms with van der Waals surface area (Å²) in [5.41, 5.74) is 1.29. The molecule has 0 bridgehead atoms. The Labute approximate surface area is 122 Å².